The van der Waals surface area contributed by atoms with Crippen molar-refractivity contribution in [3.63, 3.8) is 0 Å². The SMILES string of the molecule is Br.C=CCN(CC=C)N(N(CC=C)CC=C)[PH](O)(O)N(CC=C)CC=C. The quantitative estimate of drug-likeness (QED) is 0.215. The molecule has 0 aliphatic carbocycles. The Morgan fingerprint density at radius 2 is 0.846 bits per heavy atom. The molecule has 0 radical (unpaired) electrons. The minimum atomic E-state index is -4.09. The number of rotatable bonds is 16. The third kappa shape index (κ3) is 8.20. The summed E-state index contributed by atoms with van der Waals surface area (Å²) in [5, 5.41) is 3.55. The first-order chi connectivity index (χ1) is 11.9. The molecule has 0 aliphatic heterocycles. The molecule has 0 bridgehead atoms. The van der Waals surface area contributed by atoms with Crippen LogP contribution in [0.3, 0.4) is 0 Å². The third-order valence-corrected chi connectivity index (χ3v) is 5.60. The Morgan fingerprint density at radius 3 is 1.08 bits per heavy atom. The van der Waals surface area contributed by atoms with Crippen molar-refractivity contribution in [2.24, 2.45) is 0 Å². The van der Waals surface area contributed by atoms with Crippen molar-refractivity contribution in [1.82, 2.24) is 19.6 Å². The maximum absolute atomic E-state index is 11.2. The average Bonchev–Trinajstić information content (AvgIpc) is 2.55. The molecule has 26 heavy (non-hydrogen) atoms. The van der Waals surface area contributed by atoms with Crippen LogP contribution in [0.25, 0.3) is 0 Å². The zero-order chi connectivity index (χ0) is 19.3. The number of hydrazine groups is 2. The Balaban J connectivity index is 0. The molecule has 0 fully saturated rings. The fourth-order valence-corrected chi connectivity index (χ4v) is 4.46. The normalized spacial score (nSPS) is 11.9. The topological polar surface area (TPSA) is 53.4 Å². The van der Waals surface area contributed by atoms with Crippen molar-refractivity contribution in [3.05, 3.63) is 75.9 Å². The molecule has 0 amide bonds. The van der Waals surface area contributed by atoms with Gasteiger partial charge in [0.25, 0.3) is 0 Å². The van der Waals surface area contributed by atoms with Crippen molar-refractivity contribution in [2.45, 2.75) is 0 Å². The van der Waals surface area contributed by atoms with Gasteiger partial charge in [-0.2, -0.15) is 0 Å². The van der Waals surface area contributed by atoms with E-state index >= 15 is 0 Å². The van der Waals surface area contributed by atoms with E-state index in [1.54, 1.807) is 51.1 Å². The molecular formula is C18H34BrN4O2P. The van der Waals surface area contributed by atoms with Gasteiger partial charge >= 0.3 is 153 Å². The van der Waals surface area contributed by atoms with Crippen LogP contribution in [0.1, 0.15) is 0 Å². The van der Waals surface area contributed by atoms with Gasteiger partial charge in [0, 0.05) is 0 Å². The van der Waals surface area contributed by atoms with Crippen LogP contribution in [0, 0.1) is 0 Å². The van der Waals surface area contributed by atoms with Gasteiger partial charge in [0.05, 0.1) is 0 Å². The summed E-state index contributed by atoms with van der Waals surface area (Å²) in [7, 11) is -4.09. The first-order valence-electron chi connectivity index (χ1n) is 8.09. The van der Waals surface area contributed by atoms with E-state index in [0.717, 1.165) is 0 Å². The van der Waals surface area contributed by atoms with Gasteiger partial charge in [-0.05, 0) is 0 Å². The molecule has 2 N–H and O–H groups in total. The van der Waals surface area contributed by atoms with E-state index < -0.39 is 8.02 Å². The molecule has 0 saturated heterocycles. The van der Waals surface area contributed by atoms with Crippen LogP contribution in [0.15, 0.2) is 75.9 Å². The van der Waals surface area contributed by atoms with E-state index in [1.165, 1.54) is 4.89 Å². The fraction of sp³-hybridized carbons (Fsp3) is 0.333. The van der Waals surface area contributed by atoms with E-state index in [0.29, 0.717) is 39.3 Å². The van der Waals surface area contributed by atoms with E-state index in [9.17, 15) is 9.79 Å². The van der Waals surface area contributed by atoms with Gasteiger partial charge in [0.15, 0.2) is 0 Å². The van der Waals surface area contributed by atoms with Gasteiger partial charge in [0.2, 0.25) is 0 Å². The summed E-state index contributed by atoms with van der Waals surface area (Å²) in [6, 6.07) is 0. The zero-order valence-corrected chi connectivity index (χ0v) is 18.3. The van der Waals surface area contributed by atoms with Gasteiger partial charge < -0.3 is 0 Å². The molecule has 0 atom stereocenters. The molecule has 8 heteroatoms. The van der Waals surface area contributed by atoms with Gasteiger partial charge in [-0.1, -0.05) is 0 Å². The van der Waals surface area contributed by atoms with Crippen molar-refractivity contribution in [2.75, 3.05) is 39.3 Å². The number of nitrogens with zero attached hydrogens (tertiary/aromatic N) is 4. The fourth-order valence-electron chi connectivity index (χ4n) is 2.37. The summed E-state index contributed by atoms with van der Waals surface area (Å²) >= 11 is 0. The van der Waals surface area contributed by atoms with Gasteiger partial charge in [-0.15, -0.1) is 17.0 Å². The Morgan fingerprint density at radius 1 is 0.577 bits per heavy atom. The first-order valence-corrected chi connectivity index (χ1v) is 9.88. The molecule has 0 aromatic rings. The number of hydrogen-bond donors (Lipinski definition) is 2. The van der Waals surface area contributed by atoms with Crippen molar-refractivity contribution >= 4 is 25.0 Å². The summed E-state index contributed by atoms with van der Waals surface area (Å²) < 4.78 is 1.56. The third-order valence-electron chi connectivity index (χ3n) is 3.29. The Hall–Kier alpha value is -0.890. The molecule has 0 unspecified atom stereocenters. The summed E-state index contributed by atoms with van der Waals surface area (Å²) in [4.78, 5) is 23.9. The van der Waals surface area contributed by atoms with Crippen LogP contribution < -0.4 is 0 Å². The number of halogens is 1. The monoisotopic (exact) mass is 448 g/mol. The summed E-state index contributed by atoms with van der Waals surface area (Å²) in [6.45, 7) is 24.8. The van der Waals surface area contributed by atoms with Crippen molar-refractivity contribution in [3.8, 4) is 0 Å². The van der Waals surface area contributed by atoms with E-state index in [-0.39, 0.29) is 17.0 Å². The maximum atomic E-state index is 11.2. The molecular weight excluding hydrogens is 415 g/mol. The van der Waals surface area contributed by atoms with Crippen molar-refractivity contribution in [1.29, 1.82) is 0 Å². The summed E-state index contributed by atoms with van der Waals surface area (Å²) in [6.07, 6.45) is 10.1. The Bertz CT molecular complexity index is 420. The molecule has 0 saturated carbocycles. The second-order valence-electron chi connectivity index (χ2n) is 5.27. The predicted molar refractivity (Wildman–Crippen MR) is 121 cm³/mol. The van der Waals surface area contributed by atoms with Gasteiger partial charge in [0.1, 0.15) is 0 Å². The molecule has 0 aromatic heterocycles. The molecule has 150 valence electrons. The first kappa shape index (κ1) is 27.3. The van der Waals surface area contributed by atoms with Gasteiger partial charge in [-0.3, -0.25) is 0 Å². The van der Waals surface area contributed by atoms with Crippen LogP contribution >= 0.6 is 25.0 Å². The molecule has 6 nitrogen and oxygen atoms in total. The standard InChI is InChI=1S/C18H33N4O2P.BrH/c1-7-13-19(14-8-2)22(20(15-9-3)16-10-4)25(23,24)21(17-11-5)18-12-6;/h7-12,23-25H,1-6,13-18H2;1H. The van der Waals surface area contributed by atoms with E-state index in [2.05, 4.69) is 39.5 Å². The molecule has 0 heterocycles. The second kappa shape index (κ2) is 15.2. The average molecular weight is 449 g/mol. The minimum absolute atomic E-state index is 0. The van der Waals surface area contributed by atoms with Crippen LogP contribution in [-0.2, 0) is 0 Å². The Labute approximate surface area is 169 Å². The van der Waals surface area contributed by atoms with Gasteiger partial charge in [-0.25, -0.2) is 0 Å². The van der Waals surface area contributed by atoms with E-state index in [1.807, 2.05) is 0 Å². The summed E-state index contributed by atoms with van der Waals surface area (Å²) in [5.74, 6) is 0. The predicted octanol–water partition coefficient (Wildman–Crippen LogP) is 3.11. The van der Waals surface area contributed by atoms with Crippen LogP contribution in [0.5, 0.6) is 0 Å². The number of hydrogen-bond acceptors (Lipinski definition) is 6. The van der Waals surface area contributed by atoms with Crippen LogP contribution in [0.2, 0.25) is 0 Å². The Kier molecular flexibility index (Phi) is 16.0. The van der Waals surface area contributed by atoms with Crippen LogP contribution in [0.4, 0.5) is 0 Å². The molecule has 0 rings (SSSR count). The second-order valence-corrected chi connectivity index (χ2v) is 7.50. The zero-order valence-electron chi connectivity index (χ0n) is 15.5. The molecule has 0 spiro atoms. The molecule has 0 aromatic carbocycles. The van der Waals surface area contributed by atoms with E-state index in [4.69, 9.17) is 0 Å². The van der Waals surface area contributed by atoms with Crippen molar-refractivity contribution < 1.29 is 9.79 Å². The summed E-state index contributed by atoms with van der Waals surface area (Å²) in [5.41, 5.74) is 0. The van der Waals surface area contributed by atoms with Crippen LogP contribution in [-0.4, -0.2) is 68.6 Å². The molecule has 0 aliphatic rings.